The van der Waals surface area contributed by atoms with Gasteiger partial charge >= 0.3 is 0 Å². The number of nitrogens with two attached hydrogens (primary N) is 1. The summed E-state index contributed by atoms with van der Waals surface area (Å²) >= 11 is 5.72. The molecule has 0 heterocycles. The van der Waals surface area contributed by atoms with Crippen molar-refractivity contribution in [1.29, 1.82) is 0 Å². The number of hydrogen-bond donors (Lipinski definition) is 1. The maximum absolute atomic E-state index is 10.7. The van der Waals surface area contributed by atoms with E-state index in [4.69, 9.17) is 22.1 Å². The van der Waals surface area contributed by atoms with Crippen molar-refractivity contribution in [3.8, 4) is 5.75 Å². The van der Waals surface area contributed by atoms with Crippen molar-refractivity contribution in [3.05, 3.63) is 29.8 Å². The van der Waals surface area contributed by atoms with Crippen LogP contribution in [-0.4, -0.2) is 18.4 Å². The maximum atomic E-state index is 10.7. The van der Waals surface area contributed by atoms with E-state index in [0.717, 1.165) is 11.3 Å². The Morgan fingerprint density at radius 1 is 1.50 bits per heavy atom. The summed E-state index contributed by atoms with van der Waals surface area (Å²) in [6.07, 6.45) is 0.445. The minimum atomic E-state index is -0.650. The summed E-state index contributed by atoms with van der Waals surface area (Å²) in [6, 6.07) is 7.36. The van der Waals surface area contributed by atoms with E-state index >= 15 is 0 Å². The molecule has 0 aliphatic heterocycles. The average Bonchev–Trinajstić information content (AvgIpc) is 2.19. The zero-order chi connectivity index (χ0) is 10.6. The molecule has 1 rings (SSSR count). The highest BCUT2D eigenvalue weighted by atomic mass is 35.5. The van der Waals surface area contributed by atoms with E-state index in [1.54, 1.807) is 7.11 Å². The van der Waals surface area contributed by atoms with Crippen molar-refractivity contribution in [2.45, 2.75) is 11.8 Å². The molecule has 1 unspecified atom stereocenters. The van der Waals surface area contributed by atoms with Crippen LogP contribution in [0.1, 0.15) is 5.56 Å². The van der Waals surface area contributed by atoms with Crippen molar-refractivity contribution in [1.82, 2.24) is 0 Å². The maximum Gasteiger partial charge on any atom is 0.235 e. The van der Waals surface area contributed by atoms with Crippen LogP contribution in [0.2, 0.25) is 0 Å². The minimum absolute atomic E-state index is 0.445. The fourth-order valence-corrected chi connectivity index (χ4v) is 1.25. The number of primary amides is 1. The van der Waals surface area contributed by atoms with Crippen molar-refractivity contribution in [3.63, 3.8) is 0 Å². The van der Waals surface area contributed by atoms with Gasteiger partial charge < -0.3 is 10.5 Å². The van der Waals surface area contributed by atoms with Gasteiger partial charge in [-0.1, -0.05) is 12.1 Å². The average molecular weight is 214 g/mol. The van der Waals surface area contributed by atoms with Crippen molar-refractivity contribution >= 4 is 17.5 Å². The Morgan fingerprint density at radius 2 is 2.07 bits per heavy atom. The molecule has 0 aliphatic rings. The minimum Gasteiger partial charge on any atom is -0.497 e. The zero-order valence-corrected chi connectivity index (χ0v) is 8.62. The second kappa shape index (κ2) is 4.86. The lowest BCUT2D eigenvalue weighted by Crippen LogP contribution is -2.25. The first-order chi connectivity index (χ1) is 6.63. The second-order valence-corrected chi connectivity index (χ2v) is 3.45. The molecule has 76 valence electrons. The van der Waals surface area contributed by atoms with E-state index < -0.39 is 11.3 Å². The van der Waals surface area contributed by atoms with Crippen LogP contribution in [-0.2, 0) is 11.2 Å². The Bertz CT molecular complexity index is 310. The summed E-state index contributed by atoms with van der Waals surface area (Å²) in [5, 5.41) is -0.650. The molecule has 0 aliphatic carbocycles. The number of methoxy groups -OCH3 is 1. The number of benzene rings is 1. The first kappa shape index (κ1) is 10.9. The molecule has 1 atom stereocenters. The van der Waals surface area contributed by atoms with Gasteiger partial charge in [-0.2, -0.15) is 0 Å². The van der Waals surface area contributed by atoms with Gasteiger partial charge in [-0.05, 0) is 24.1 Å². The van der Waals surface area contributed by atoms with Gasteiger partial charge in [0.1, 0.15) is 11.1 Å². The van der Waals surface area contributed by atoms with Gasteiger partial charge in [0, 0.05) is 0 Å². The SMILES string of the molecule is COc1ccc(CC(Cl)C(N)=O)cc1. The first-order valence-corrected chi connectivity index (χ1v) is 4.63. The highest BCUT2D eigenvalue weighted by Crippen LogP contribution is 2.14. The van der Waals surface area contributed by atoms with E-state index in [9.17, 15) is 4.79 Å². The van der Waals surface area contributed by atoms with Crippen LogP contribution in [0.4, 0.5) is 0 Å². The van der Waals surface area contributed by atoms with Crippen molar-refractivity contribution < 1.29 is 9.53 Å². The number of hydrogen-bond acceptors (Lipinski definition) is 2. The molecule has 14 heavy (non-hydrogen) atoms. The summed E-state index contributed by atoms with van der Waals surface area (Å²) in [7, 11) is 1.60. The number of ether oxygens (including phenoxy) is 1. The molecule has 1 amide bonds. The van der Waals surface area contributed by atoms with E-state index in [0.29, 0.717) is 6.42 Å². The molecule has 2 N–H and O–H groups in total. The first-order valence-electron chi connectivity index (χ1n) is 4.20. The van der Waals surface area contributed by atoms with Crippen LogP contribution in [0.5, 0.6) is 5.75 Å². The Kier molecular flexibility index (Phi) is 3.77. The predicted octanol–water partition coefficient (Wildman–Crippen LogP) is 1.33. The molecule has 0 aromatic heterocycles. The molecule has 0 spiro atoms. The number of alkyl halides is 1. The van der Waals surface area contributed by atoms with Crippen molar-refractivity contribution in [2.75, 3.05) is 7.11 Å². The molecular formula is C10H12ClNO2. The molecule has 0 fully saturated rings. The molecule has 0 bridgehead atoms. The number of carbonyl (C=O) groups is 1. The molecule has 4 heteroatoms. The number of halogens is 1. The summed E-state index contributed by atoms with van der Waals surface area (Å²) in [5.74, 6) is 0.279. The lowest BCUT2D eigenvalue weighted by atomic mass is 10.1. The van der Waals surface area contributed by atoms with Gasteiger partial charge in [0.25, 0.3) is 0 Å². The third kappa shape index (κ3) is 2.92. The third-order valence-corrected chi connectivity index (χ3v) is 2.25. The largest absolute Gasteiger partial charge is 0.497 e. The molecule has 0 saturated carbocycles. The molecule has 3 nitrogen and oxygen atoms in total. The van der Waals surface area contributed by atoms with Crippen LogP contribution in [0.25, 0.3) is 0 Å². The van der Waals surface area contributed by atoms with Crippen LogP contribution in [0, 0.1) is 0 Å². The fourth-order valence-electron chi connectivity index (χ4n) is 1.07. The van der Waals surface area contributed by atoms with E-state index in [-0.39, 0.29) is 0 Å². The lowest BCUT2D eigenvalue weighted by Gasteiger charge is -2.05. The second-order valence-electron chi connectivity index (χ2n) is 2.92. The van der Waals surface area contributed by atoms with E-state index in [2.05, 4.69) is 0 Å². The normalized spacial score (nSPS) is 12.1. The van der Waals surface area contributed by atoms with Crippen LogP contribution in [0.15, 0.2) is 24.3 Å². The van der Waals surface area contributed by atoms with Gasteiger partial charge in [0.05, 0.1) is 7.11 Å². The van der Waals surface area contributed by atoms with E-state index in [1.807, 2.05) is 24.3 Å². The fraction of sp³-hybridized carbons (Fsp3) is 0.300. The highest BCUT2D eigenvalue weighted by molar-refractivity contribution is 6.30. The number of amides is 1. The van der Waals surface area contributed by atoms with Gasteiger partial charge in [-0.25, -0.2) is 0 Å². The molecular weight excluding hydrogens is 202 g/mol. The predicted molar refractivity (Wildman–Crippen MR) is 55.5 cm³/mol. The Balaban J connectivity index is 2.64. The smallest absolute Gasteiger partial charge is 0.235 e. The Morgan fingerprint density at radius 3 is 2.50 bits per heavy atom. The van der Waals surface area contributed by atoms with Gasteiger partial charge in [-0.3, -0.25) is 4.79 Å². The van der Waals surface area contributed by atoms with Gasteiger partial charge in [0.2, 0.25) is 5.91 Å². The summed E-state index contributed by atoms with van der Waals surface area (Å²) < 4.78 is 5.00. The number of carbonyl (C=O) groups excluding carboxylic acids is 1. The Labute approximate surface area is 87.8 Å². The monoisotopic (exact) mass is 213 g/mol. The third-order valence-electron chi connectivity index (χ3n) is 1.88. The lowest BCUT2D eigenvalue weighted by molar-refractivity contribution is -0.117. The van der Waals surface area contributed by atoms with E-state index in [1.165, 1.54) is 0 Å². The molecule has 0 radical (unpaired) electrons. The standard InChI is InChI=1S/C10H12ClNO2/c1-14-8-4-2-7(3-5-8)6-9(11)10(12)13/h2-5,9H,6H2,1H3,(H2,12,13). The van der Waals surface area contributed by atoms with Gasteiger partial charge in [-0.15, -0.1) is 11.6 Å². The molecule has 1 aromatic carbocycles. The van der Waals surface area contributed by atoms with Crippen LogP contribution in [0.3, 0.4) is 0 Å². The summed E-state index contributed by atoms with van der Waals surface area (Å²) in [4.78, 5) is 10.7. The highest BCUT2D eigenvalue weighted by Gasteiger charge is 2.11. The van der Waals surface area contributed by atoms with Crippen LogP contribution < -0.4 is 10.5 Å². The summed E-state index contributed by atoms with van der Waals surface area (Å²) in [6.45, 7) is 0. The topological polar surface area (TPSA) is 52.3 Å². The molecule has 0 saturated heterocycles. The zero-order valence-electron chi connectivity index (χ0n) is 7.87. The molecule has 1 aromatic rings. The van der Waals surface area contributed by atoms with Crippen LogP contribution >= 0.6 is 11.6 Å². The van der Waals surface area contributed by atoms with Gasteiger partial charge in [0.15, 0.2) is 0 Å². The number of rotatable bonds is 4. The quantitative estimate of drug-likeness (QED) is 0.768. The van der Waals surface area contributed by atoms with Crippen molar-refractivity contribution in [2.24, 2.45) is 5.73 Å². The Hall–Kier alpha value is -1.22. The summed E-state index contributed by atoms with van der Waals surface area (Å²) in [5.41, 5.74) is 6.01.